The fourth-order valence-electron chi connectivity index (χ4n) is 2.32. The molecule has 0 saturated heterocycles. The summed E-state index contributed by atoms with van der Waals surface area (Å²) in [7, 11) is 0. The molecule has 24 heavy (non-hydrogen) atoms. The Bertz CT molecular complexity index is 798. The van der Waals surface area contributed by atoms with Crippen molar-refractivity contribution in [3.8, 4) is 11.3 Å². The molecule has 7 heteroatoms. The van der Waals surface area contributed by atoms with Crippen molar-refractivity contribution in [3.63, 3.8) is 0 Å². The first-order valence-corrected chi connectivity index (χ1v) is 7.51. The molecule has 2 N–H and O–H groups in total. The molecule has 0 spiro atoms. The minimum Gasteiger partial charge on any atom is -0.354 e. The second-order valence-electron chi connectivity index (χ2n) is 5.20. The average molecular weight is 352 g/mol. The molecular formula is C17H13ClF3N3. The van der Waals surface area contributed by atoms with Crippen molar-refractivity contribution < 1.29 is 13.2 Å². The number of benzene rings is 2. The molecule has 1 heterocycles. The fraction of sp³-hybridized carbons (Fsp3) is 0.118. The molecule has 3 aromatic rings. The van der Waals surface area contributed by atoms with Crippen LogP contribution in [-0.2, 0) is 0 Å². The monoisotopic (exact) mass is 351 g/mol. The van der Waals surface area contributed by atoms with Crippen LogP contribution < -0.4 is 5.32 Å². The molecule has 1 unspecified atom stereocenters. The van der Waals surface area contributed by atoms with Crippen molar-refractivity contribution in [1.29, 1.82) is 0 Å². The lowest BCUT2D eigenvalue weighted by Crippen LogP contribution is -2.28. The Labute approximate surface area is 141 Å². The molecule has 0 aliphatic heterocycles. The van der Waals surface area contributed by atoms with Gasteiger partial charge in [-0.3, -0.25) is 5.10 Å². The van der Waals surface area contributed by atoms with E-state index in [0.29, 0.717) is 10.7 Å². The number of aromatic nitrogens is 2. The van der Waals surface area contributed by atoms with E-state index in [0.717, 1.165) is 5.56 Å². The lowest BCUT2D eigenvalue weighted by molar-refractivity contribution is -0.144. The molecule has 2 aromatic carbocycles. The van der Waals surface area contributed by atoms with Gasteiger partial charge in [-0.25, -0.2) is 0 Å². The van der Waals surface area contributed by atoms with Gasteiger partial charge in [0, 0.05) is 11.1 Å². The van der Waals surface area contributed by atoms with Gasteiger partial charge in [0.2, 0.25) is 0 Å². The van der Waals surface area contributed by atoms with E-state index in [1.165, 1.54) is 24.3 Å². The molecule has 1 atom stereocenters. The molecule has 0 bridgehead atoms. The number of anilines is 1. The third-order valence-electron chi connectivity index (χ3n) is 3.49. The Hall–Kier alpha value is -2.47. The Balaban J connectivity index is 1.86. The topological polar surface area (TPSA) is 40.7 Å². The second kappa shape index (κ2) is 6.57. The van der Waals surface area contributed by atoms with Gasteiger partial charge in [-0.1, -0.05) is 54.1 Å². The maximum Gasteiger partial charge on any atom is 0.412 e. The molecule has 0 fully saturated rings. The van der Waals surface area contributed by atoms with E-state index < -0.39 is 12.2 Å². The van der Waals surface area contributed by atoms with Crippen LogP contribution >= 0.6 is 11.6 Å². The van der Waals surface area contributed by atoms with Crippen molar-refractivity contribution in [2.24, 2.45) is 0 Å². The molecule has 0 aliphatic carbocycles. The third-order valence-corrected chi connectivity index (χ3v) is 3.74. The smallest absolute Gasteiger partial charge is 0.354 e. The van der Waals surface area contributed by atoms with E-state index in [1.807, 2.05) is 30.3 Å². The lowest BCUT2D eigenvalue weighted by atomic mass is 10.1. The van der Waals surface area contributed by atoms with Crippen LogP contribution in [0.3, 0.4) is 0 Å². The van der Waals surface area contributed by atoms with Crippen molar-refractivity contribution in [2.75, 3.05) is 5.32 Å². The van der Waals surface area contributed by atoms with E-state index in [-0.39, 0.29) is 11.4 Å². The first kappa shape index (κ1) is 16.4. The zero-order valence-corrected chi connectivity index (χ0v) is 13.1. The summed E-state index contributed by atoms with van der Waals surface area (Å²) in [5.74, 6) is 0.117. The van der Waals surface area contributed by atoms with Gasteiger partial charge in [-0.2, -0.15) is 18.3 Å². The molecule has 3 nitrogen and oxygen atoms in total. The van der Waals surface area contributed by atoms with E-state index in [9.17, 15) is 13.2 Å². The summed E-state index contributed by atoms with van der Waals surface area (Å²) < 4.78 is 40.2. The van der Waals surface area contributed by atoms with Gasteiger partial charge in [-0.15, -0.1) is 0 Å². The summed E-state index contributed by atoms with van der Waals surface area (Å²) in [6.45, 7) is 0. The molecular weight excluding hydrogens is 339 g/mol. The molecule has 0 saturated carbocycles. The molecule has 3 rings (SSSR count). The first-order valence-electron chi connectivity index (χ1n) is 7.13. The number of alkyl halides is 3. The number of halogens is 4. The van der Waals surface area contributed by atoms with Crippen molar-refractivity contribution >= 4 is 17.4 Å². The van der Waals surface area contributed by atoms with Crippen LogP contribution in [0.2, 0.25) is 5.02 Å². The van der Waals surface area contributed by atoms with Gasteiger partial charge in [0.25, 0.3) is 0 Å². The van der Waals surface area contributed by atoms with Crippen LogP contribution in [-0.4, -0.2) is 16.4 Å². The highest BCUT2D eigenvalue weighted by Gasteiger charge is 2.41. The standard InChI is InChI=1S/C17H13ClF3N3/c18-13-8-6-12(7-9-13)16(17(19,20)21)22-15-10-14(23-24-15)11-4-2-1-3-5-11/h1-10,16H,(H2,22,23,24). The number of hydrogen-bond acceptors (Lipinski definition) is 2. The number of aromatic amines is 1. The van der Waals surface area contributed by atoms with Crippen molar-refractivity contribution in [2.45, 2.75) is 12.2 Å². The van der Waals surface area contributed by atoms with E-state index in [1.54, 1.807) is 6.07 Å². The van der Waals surface area contributed by atoms with Gasteiger partial charge in [0.1, 0.15) is 11.9 Å². The van der Waals surface area contributed by atoms with Crippen molar-refractivity contribution in [3.05, 3.63) is 71.2 Å². The summed E-state index contributed by atoms with van der Waals surface area (Å²) >= 11 is 5.74. The summed E-state index contributed by atoms with van der Waals surface area (Å²) in [5.41, 5.74) is 1.54. The zero-order valence-electron chi connectivity index (χ0n) is 12.3. The number of H-pyrrole nitrogens is 1. The maximum absolute atomic E-state index is 13.4. The summed E-state index contributed by atoms with van der Waals surface area (Å²) in [6, 6.07) is 14.5. The third kappa shape index (κ3) is 3.71. The average Bonchev–Trinajstić information content (AvgIpc) is 3.02. The molecule has 0 amide bonds. The highest BCUT2D eigenvalue weighted by molar-refractivity contribution is 6.30. The van der Waals surface area contributed by atoms with Crippen LogP contribution in [0.4, 0.5) is 19.0 Å². The van der Waals surface area contributed by atoms with E-state index >= 15 is 0 Å². The lowest BCUT2D eigenvalue weighted by Gasteiger charge is -2.21. The Morgan fingerprint density at radius 2 is 1.67 bits per heavy atom. The van der Waals surface area contributed by atoms with Crippen LogP contribution in [0.15, 0.2) is 60.7 Å². The number of rotatable bonds is 4. The van der Waals surface area contributed by atoms with Crippen LogP contribution in [0.25, 0.3) is 11.3 Å². The normalized spacial score (nSPS) is 12.8. The molecule has 0 aliphatic rings. The number of nitrogens with one attached hydrogen (secondary N) is 2. The summed E-state index contributed by atoms with van der Waals surface area (Å²) in [6.07, 6.45) is -4.47. The predicted molar refractivity (Wildman–Crippen MR) is 87.9 cm³/mol. The number of nitrogens with zero attached hydrogens (tertiary/aromatic N) is 1. The molecule has 124 valence electrons. The Morgan fingerprint density at radius 3 is 2.29 bits per heavy atom. The van der Waals surface area contributed by atoms with Crippen LogP contribution in [0.5, 0.6) is 0 Å². The van der Waals surface area contributed by atoms with E-state index in [2.05, 4.69) is 15.5 Å². The van der Waals surface area contributed by atoms with Crippen LogP contribution in [0, 0.1) is 0 Å². The minimum absolute atomic E-state index is 0.0659. The first-order chi connectivity index (χ1) is 11.4. The SMILES string of the molecule is FC(F)(F)C(Nc1cc(-c2ccccc2)[nH]n1)c1ccc(Cl)cc1. The molecule has 1 aromatic heterocycles. The van der Waals surface area contributed by atoms with E-state index in [4.69, 9.17) is 11.6 Å². The Morgan fingerprint density at radius 1 is 1.00 bits per heavy atom. The second-order valence-corrected chi connectivity index (χ2v) is 5.64. The fourth-order valence-corrected chi connectivity index (χ4v) is 2.44. The maximum atomic E-state index is 13.4. The van der Waals surface area contributed by atoms with Gasteiger partial charge >= 0.3 is 6.18 Å². The quantitative estimate of drug-likeness (QED) is 0.656. The van der Waals surface area contributed by atoms with Gasteiger partial charge in [0.15, 0.2) is 0 Å². The molecule has 0 radical (unpaired) electrons. The summed E-state index contributed by atoms with van der Waals surface area (Å²) in [4.78, 5) is 0. The van der Waals surface area contributed by atoms with Gasteiger partial charge in [0.05, 0.1) is 5.69 Å². The number of hydrogen-bond donors (Lipinski definition) is 2. The zero-order chi connectivity index (χ0) is 17.2. The van der Waals surface area contributed by atoms with Gasteiger partial charge in [-0.05, 0) is 23.3 Å². The van der Waals surface area contributed by atoms with Gasteiger partial charge < -0.3 is 5.32 Å². The minimum atomic E-state index is -4.47. The Kier molecular flexibility index (Phi) is 4.49. The highest BCUT2D eigenvalue weighted by atomic mass is 35.5. The summed E-state index contributed by atoms with van der Waals surface area (Å²) in [5, 5.41) is 9.48. The van der Waals surface area contributed by atoms with Crippen LogP contribution in [0.1, 0.15) is 11.6 Å². The highest BCUT2D eigenvalue weighted by Crippen LogP contribution is 2.36. The largest absolute Gasteiger partial charge is 0.412 e. The predicted octanol–water partition coefficient (Wildman–Crippen LogP) is 5.45. The van der Waals surface area contributed by atoms with Crippen molar-refractivity contribution in [1.82, 2.24) is 10.2 Å².